The van der Waals surface area contributed by atoms with Gasteiger partial charge in [0.15, 0.2) is 0 Å². The molecule has 146 valence electrons. The van der Waals surface area contributed by atoms with Gasteiger partial charge < -0.3 is 11.1 Å². The minimum Gasteiger partial charge on any atom is -0.355 e. The number of hydrogen-bond acceptors (Lipinski definition) is 6. The van der Waals surface area contributed by atoms with Crippen molar-refractivity contribution in [2.45, 2.75) is 24.7 Å². The van der Waals surface area contributed by atoms with Crippen LogP contribution in [0.4, 0.5) is 5.69 Å². The Labute approximate surface area is 158 Å². The van der Waals surface area contributed by atoms with E-state index in [1.165, 1.54) is 16.4 Å². The molecular formula is C15H23ClN4O5S. The van der Waals surface area contributed by atoms with Crippen molar-refractivity contribution in [3.8, 4) is 0 Å². The summed E-state index contributed by atoms with van der Waals surface area (Å²) in [4.78, 5) is 22.3. The fraction of sp³-hybridized carbons (Fsp3) is 0.533. The van der Waals surface area contributed by atoms with Crippen molar-refractivity contribution in [1.29, 1.82) is 0 Å². The van der Waals surface area contributed by atoms with E-state index in [-0.39, 0.29) is 42.0 Å². The smallest absolute Gasteiger partial charge is 0.270 e. The van der Waals surface area contributed by atoms with E-state index in [0.29, 0.717) is 31.5 Å². The first-order chi connectivity index (χ1) is 11.8. The molecule has 1 saturated heterocycles. The van der Waals surface area contributed by atoms with Crippen LogP contribution in [0, 0.1) is 23.0 Å². The lowest BCUT2D eigenvalue weighted by molar-refractivity contribution is -0.385. The number of non-ortho nitro benzene ring substituents is 1. The van der Waals surface area contributed by atoms with Crippen molar-refractivity contribution in [2.75, 3.05) is 26.2 Å². The standard InChI is InChI=1S/C15H22N4O5S.ClH/c1-11-4-5-13(19(21)22)9-14(11)25(23,24)18-8-2-3-12(10-18)15(20)17-7-6-16;/h4-5,9,12H,2-3,6-8,10,16H2,1H3,(H,17,20);1H. The maximum atomic E-state index is 12.9. The van der Waals surface area contributed by atoms with E-state index < -0.39 is 20.9 Å². The molecule has 3 N–H and O–H groups in total. The van der Waals surface area contributed by atoms with Crippen molar-refractivity contribution >= 4 is 34.0 Å². The van der Waals surface area contributed by atoms with Crippen LogP contribution in [0.3, 0.4) is 0 Å². The van der Waals surface area contributed by atoms with Crippen LogP contribution in [0.2, 0.25) is 0 Å². The molecule has 0 spiro atoms. The Morgan fingerprint density at radius 2 is 2.15 bits per heavy atom. The number of carbonyl (C=O) groups is 1. The number of nitro benzene ring substituents is 1. The molecule has 1 fully saturated rings. The molecular weight excluding hydrogens is 384 g/mol. The number of nitro groups is 1. The second kappa shape index (κ2) is 9.26. The maximum absolute atomic E-state index is 12.9. The van der Waals surface area contributed by atoms with Gasteiger partial charge in [0.2, 0.25) is 15.9 Å². The number of nitrogens with two attached hydrogens (primary N) is 1. The van der Waals surface area contributed by atoms with Crippen molar-refractivity contribution in [2.24, 2.45) is 11.7 Å². The maximum Gasteiger partial charge on any atom is 0.270 e. The number of aryl methyl sites for hydroxylation is 1. The normalized spacial score (nSPS) is 18.0. The number of benzene rings is 1. The Kier molecular flexibility index (Phi) is 7.94. The summed E-state index contributed by atoms with van der Waals surface area (Å²) in [6.07, 6.45) is 1.14. The molecule has 1 aromatic rings. The lowest BCUT2D eigenvalue weighted by Gasteiger charge is -2.31. The van der Waals surface area contributed by atoms with E-state index in [4.69, 9.17) is 5.73 Å². The second-order valence-corrected chi connectivity index (χ2v) is 7.90. The van der Waals surface area contributed by atoms with Crippen LogP contribution in [0.15, 0.2) is 23.1 Å². The van der Waals surface area contributed by atoms with Crippen LogP contribution in [0.5, 0.6) is 0 Å². The summed E-state index contributed by atoms with van der Waals surface area (Å²) in [7, 11) is -3.91. The van der Waals surface area contributed by atoms with Crippen molar-refractivity contribution < 1.29 is 18.1 Å². The highest BCUT2D eigenvalue weighted by atomic mass is 35.5. The van der Waals surface area contributed by atoms with E-state index in [0.717, 1.165) is 6.07 Å². The lowest BCUT2D eigenvalue weighted by atomic mass is 9.99. The van der Waals surface area contributed by atoms with E-state index in [2.05, 4.69) is 5.32 Å². The van der Waals surface area contributed by atoms with Gasteiger partial charge in [0.25, 0.3) is 5.69 Å². The van der Waals surface area contributed by atoms with Gasteiger partial charge in [0.05, 0.1) is 15.7 Å². The molecule has 1 aromatic carbocycles. The molecule has 0 saturated carbocycles. The molecule has 1 amide bonds. The quantitative estimate of drug-likeness (QED) is 0.529. The number of hydrogen-bond donors (Lipinski definition) is 2. The molecule has 2 rings (SSSR count). The number of halogens is 1. The first kappa shape index (κ1) is 22.3. The van der Waals surface area contributed by atoms with Crippen LogP contribution in [-0.4, -0.2) is 49.7 Å². The molecule has 1 unspecified atom stereocenters. The molecule has 0 radical (unpaired) electrons. The third kappa shape index (κ3) is 4.91. The Hall–Kier alpha value is -1.75. The van der Waals surface area contributed by atoms with Crippen molar-refractivity contribution in [1.82, 2.24) is 9.62 Å². The summed E-state index contributed by atoms with van der Waals surface area (Å²) in [5, 5.41) is 13.6. The van der Waals surface area contributed by atoms with Gasteiger partial charge in [-0.2, -0.15) is 4.31 Å². The van der Waals surface area contributed by atoms with Crippen molar-refractivity contribution in [3.63, 3.8) is 0 Å². The highest BCUT2D eigenvalue weighted by molar-refractivity contribution is 7.89. The average Bonchev–Trinajstić information content (AvgIpc) is 2.59. The number of piperidine rings is 1. The van der Waals surface area contributed by atoms with Gasteiger partial charge in [-0.1, -0.05) is 6.07 Å². The van der Waals surface area contributed by atoms with Gasteiger partial charge in [0.1, 0.15) is 0 Å². The van der Waals surface area contributed by atoms with Gasteiger partial charge in [-0.15, -0.1) is 12.4 Å². The Bertz CT molecular complexity index is 771. The summed E-state index contributed by atoms with van der Waals surface area (Å²) in [5.41, 5.74) is 5.51. The lowest BCUT2D eigenvalue weighted by Crippen LogP contribution is -2.46. The summed E-state index contributed by atoms with van der Waals surface area (Å²) < 4.78 is 27.1. The number of sulfonamides is 1. The Balaban J connectivity index is 0.00000338. The predicted molar refractivity (Wildman–Crippen MR) is 98.6 cm³/mol. The molecule has 1 aliphatic rings. The van der Waals surface area contributed by atoms with E-state index in [1.54, 1.807) is 6.92 Å². The number of rotatable bonds is 6. The molecule has 9 nitrogen and oxygen atoms in total. The van der Waals surface area contributed by atoms with E-state index in [1.807, 2.05) is 0 Å². The number of carbonyl (C=O) groups excluding carboxylic acids is 1. The molecule has 1 aliphatic heterocycles. The zero-order chi connectivity index (χ0) is 18.6. The van der Waals surface area contributed by atoms with Crippen LogP contribution >= 0.6 is 12.4 Å². The zero-order valence-electron chi connectivity index (χ0n) is 14.4. The third-order valence-corrected chi connectivity index (χ3v) is 6.21. The SMILES string of the molecule is Cc1ccc([N+](=O)[O-])cc1S(=O)(=O)N1CCCC(C(=O)NCCN)C1.Cl. The van der Waals surface area contributed by atoms with Gasteiger partial charge in [-0.25, -0.2) is 8.42 Å². The molecule has 26 heavy (non-hydrogen) atoms. The molecule has 1 heterocycles. The zero-order valence-corrected chi connectivity index (χ0v) is 16.0. The Morgan fingerprint density at radius 3 is 2.77 bits per heavy atom. The summed E-state index contributed by atoms with van der Waals surface area (Å²) >= 11 is 0. The van der Waals surface area contributed by atoms with E-state index >= 15 is 0 Å². The Morgan fingerprint density at radius 1 is 1.46 bits per heavy atom. The number of nitrogens with one attached hydrogen (secondary N) is 1. The van der Waals surface area contributed by atoms with Crippen LogP contribution in [0.25, 0.3) is 0 Å². The van der Waals surface area contributed by atoms with Crippen LogP contribution in [-0.2, 0) is 14.8 Å². The molecule has 0 bridgehead atoms. The first-order valence-electron chi connectivity index (χ1n) is 8.00. The largest absolute Gasteiger partial charge is 0.355 e. The van der Waals surface area contributed by atoms with Gasteiger partial charge >= 0.3 is 0 Å². The van der Waals surface area contributed by atoms with Gasteiger partial charge in [-0.3, -0.25) is 14.9 Å². The number of amides is 1. The predicted octanol–water partition coefficient (Wildman–Crippen LogP) is 0.801. The highest BCUT2D eigenvalue weighted by Crippen LogP contribution is 2.28. The van der Waals surface area contributed by atoms with Gasteiger partial charge in [-0.05, 0) is 25.3 Å². The fourth-order valence-corrected chi connectivity index (χ4v) is 4.60. The minimum atomic E-state index is -3.91. The third-order valence-electron chi connectivity index (χ3n) is 4.20. The first-order valence-corrected chi connectivity index (χ1v) is 9.44. The average molecular weight is 407 g/mol. The van der Waals surface area contributed by atoms with E-state index in [9.17, 15) is 23.3 Å². The van der Waals surface area contributed by atoms with Gasteiger partial charge in [0, 0.05) is 38.3 Å². The summed E-state index contributed by atoms with van der Waals surface area (Å²) in [6, 6.07) is 3.76. The summed E-state index contributed by atoms with van der Waals surface area (Å²) in [5.74, 6) is -0.671. The minimum absolute atomic E-state index is 0. The second-order valence-electron chi connectivity index (χ2n) is 5.99. The molecule has 11 heteroatoms. The number of nitrogens with zero attached hydrogens (tertiary/aromatic N) is 2. The molecule has 0 aromatic heterocycles. The van der Waals surface area contributed by atoms with Crippen LogP contribution < -0.4 is 11.1 Å². The highest BCUT2D eigenvalue weighted by Gasteiger charge is 2.34. The van der Waals surface area contributed by atoms with Crippen molar-refractivity contribution in [3.05, 3.63) is 33.9 Å². The monoisotopic (exact) mass is 406 g/mol. The fourth-order valence-electron chi connectivity index (χ4n) is 2.83. The summed E-state index contributed by atoms with van der Waals surface area (Å²) in [6.45, 7) is 2.58. The topological polar surface area (TPSA) is 136 Å². The molecule has 0 aliphatic carbocycles. The molecule has 1 atom stereocenters. The van der Waals surface area contributed by atoms with Crippen LogP contribution in [0.1, 0.15) is 18.4 Å².